The standard InChI is InChI=1S/C26H25Cl2N5O3/c1-35-22-12-11-17(13-23(22)36-2)14-24(34)33-26(30-16-19-8-4-6-10-21(19)28)31-25(32-33)29-15-18-7-3-5-9-20(18)27/h3-13H,14-16H2,1-2H3,(H2,29,30,31,32). The predicted molar refractivity (Wildman–Crippen MR) is 141 cm³/mol. The number of aromatic nitrogens is 3. The van der Waals surface area contributed by atoms with Gasteiger partial charge in [0.05, 0.1) is 20.6 Å². The average Bonchev–Trinajstić information content (AvgIpc) is 3.31. The Bertz CT molecular complexity index is 1360. The number of anilines is 2. The first kappa shape index (κ1) is 25.3. The quantitative estimate of drug-likeness (QED) is 0.274. The maximum Gasteiger partial charge on any atom is 0.254 e. The van der Waals surface area contributed by atoms with E-state index >= 15 is 0 Å². The summed E-state index contributed by atoms with van der Waals surface area (Å²) in [7, 11) is 3.11. The molecule has 0 atom stereocenters. The van der Waals surface area contributed by atoms with Crippen LogP contribution in [0.2, 0.25) is 10.0 Å². The minimum Gasteiger partial charge on any atom is -0.493 e. The number of hydrogen-bond acceptors (Lipinski definition) is 7. The van der Waals surface area contributed by atoms with E-state index in [0.29, 0.717) is 40.6 Å². The topological polar surface area (TPSA) is 90.3 Å². The van der Waals surface area contributed by atoms with Crippen LogP contribution < -0.4 is 20.1 Å². The van der Waals surface area contributed by atoms with E-state index in [0.717, 1.165) is 16.7 Å². The van der Waals surface area contributed by atoms with Gasteiger partial charge in [0.2, 0.25) is 11.9 Å². The summed E-state index contributed by atoms with van der Waals surface area (Å²) < 4.78 is 11.9. The molecule has 0 aliphatic heterocycles. The molecule has 10 heteroatoms. The first-order valence-corrected chi connectivity index (χ1v) is 11.9. The van der Waals surface area contributed by atoms with E-state index in [-0.39, 0.29) is 18.3 Å². The molecular weight excluding hydrogens is 501 g/mol. The number of hydrogen-bond donors (Lipinski definition) is 2. The second kappa shape index (κ2) is 11.8. The van der Waals surface area contributed by atoms with Gasteiger partial charge in [-0.2, -0.15) is 9.67 Å². The van der Waals surface area contributed by atoms with Crippen molar-refractivity contribution in [2.75, 3.05) is 24.9 Å². The second-order valence-corrected chi connectivity index (χ2v) is 8.63. The molecule has 186 valence electrons. The molecule has 0 spiro atoms. The molecule has 1 heterocycles. The highest BCUT2D eigenvalue weighted by molar-refractivity contribution is 6.31. The van der Waals surface area contributed by atoms with Crippen molar-refractivity contribution in [3.05, 3.63) is 93.5 Å². The Hall–Kier alpha value is -3.75. The maximum atomic E-state index is 13.3. The van der Waals surface area contributed by atoms with Crippen molar-refractivity contribution < 1.29 is 14.3 Å². The van der Waals surface area contributed by atoms with Crippen molar-refractivity contribution in [2.24, 2.45) is 0 Å². The summed E-state index contributed by atoms with van der Waals surface area (Å²) in [6, 6.07) is 20.3. The lowest BCUT2D eigenvalue weighted by Crippen LogP contribution is -2.19. The average molecular weight is 526 g/mol. The molecule has 0 amide bonds. The van der Waals surface area contributed by atoms with Crippen LogP contribution in [0.25, 0.3) is 0 Å². The van der Waals surface area contributed by atoms with Gasteiger partial charge in [-0.25, -0.2) is 0 Å². The van der Waals surface area contributed by atoms with E-state index in [2.05, 4.69) is 20.7 Å². The van der Waals surface area contributed by atoms with Crippen LogP contribution in [-0.4, -0.2) is 34.9 Å². The zero-order valence-electron chi connectivity index (χ0n) is 19.8. The summed E-state index contributed by atoms with van der Waals surface area (Å²) in [4.78, 5) is 17.8. The van der Waals surface area contributed by atoms with Crippen molar-refractivity contribution in [2.45, 2.75) is 19.5 Å². The van der Waals surface area contributed by atoms with Crippen LogP contribution in [0.4, 0.5) is 11.9 Å². The van der Waals surface area contributed by atoms with Crippen LogP contribution in [0.15, 0.2) is 66.7 Å². The zero-order valence-corrected chi connectivity index (χ0v) is 21.3. The number of halogens is 2. The third-order valence-corrected chi connectivity index (χ3v) is 6.17. The minimum atomic E-state index is -0.276. The van der Waals surface area contributed by atoms with Crippen molar-refractivity contribution in [1.29, 1.82) is 0 Å². The molecule has 0 aliphatic carbocycles. The number of carbonyl (C=O) groups excluding carboxylic acids is 1. The number of nitrogens with zero attached hydrogens (tertiary/aromatic N) is 3. The highest BCUT2D eigenvalue weighted by Gasteiger charge is 2.18. The third kappa shape index (κ3) is 6.08. The molecular formula is C26H25Cl2N5O3. The van der Waals surface area contributed by atoms with Gasteiger partial charge >= 0.3 is 0 Å². The molecule has 4 rings (SSSR count). The third-order valence-electron chi connectivity index (χ3n) is 5.44. The summed E-state index contributed by atoms with van der Waals surface area (Å²) in [5.74, 6) is 1.43. The molecule has 0 unspecified atom stereocenters. The number of ether oxygens (including phenoxy) is 2. The number of benzene rings is 3. The largest absolute Gasteiger partial charge is 0.493 e. The molecule has 3 aromatic carbocycles. The Kier molecular flexibility index (Phi) is 8.30. The molecule has 36 heavy (non-hydrogen) atoms. The first-order chi connectivity index (χ1) is 17.5. The Labute approximate surface area is 219 Å². The lowest BCUT2D eigenvalue weighted by atomic mass is 10.1. The number of methoxy groups -OCH3 is 2. The highest BCUT2D eigenvalue weighted by atomic mass is 35.5. The lowest BCUT2D eigenvalue weighted by Gasteiger charge is -2.10. The zero-order chi connectivity index (χ0) is 25.5. The first-order valence-electron chi connectivity index (χ1n) is 11.1. The van der Waals surface area contributed by atoms with Gasteiger partial charge in [-0.3, -0.25) is 4.79 Å². The van der Waals surface area contributed by atoms with E-state index < -0.39 is 0 Å². The number of nitrogens with one attached hydrogen (secondary N) is 2. The molecule has 0 bridgehead atoms. The van der Waals surface area contributed by atoms with E-state index in [9.17, 15) is 4.79 Å². The van der Waals surface area contributed by atoms with E-state index in [4.69, 9.17) is 32.7 Å². The number of carbonyl (C=O) groups is 1. The summed E-state index contributed by atoms with van der Waals surface area (Å²) in [6.45, 7) is 0.767. The smallest absolute Gasteiger partial charge is 0.254 e. The van der Waals surface area contributed by atoms with Crippen LogP contribution >= 0.6 is 23.2 Å². The fourth-order valence-electron chi connectivity index (χ4n) is 3.55. The van der Waals surface area contributed by atoms with Crippen molar-refractivity contribution >= 4 is 41.0 Å². The van der Waals surface area contributed by atoms with Gasteiger partial charge in [0, 0.05) is 23.1 Å². The van der Waals surface area contributed by atoms with E-state index in [1.165, 1.54) is 4.68 Å². The minimum absolute atomic E-state index is 0.0778. The molecule has 0 saturated heterocycles. The summed E-state index contributed by atoms with van der Waals surface area (Å²) in [6.07, 6.45) is 0.0778. The van der Waals surface area contributed by atoms with E-state index in [1.807, 2.05) is 54.6 Å². The normalized spacial score (nSPS) is 10.7. The maximum absolute atomic E-state index is 13.3. The molecule has 4 aromatic rings. The fourth-order valence-corrected chi connectivity index (χ4v) is 3.95. The SMILES string of the molecule is COc1ccc(CC(=O)n2nc(NCc3ccccc3Cl)nc2NCc2ccccc2Cl)cc1OC. The van der Waals surface area contributed by atoms with Gasteiger partial charge in [0.1, 0.15) is 0 Å². The van der Waals surface area contributed by atoms with Gasteiger partial charge in [0.25, 0.3) is 5.91 Å². The van der Waals surface area contributed by atoms with Crippen molar-refractivity contribution in [1.82, 2.24) is 14.8 Å². The van der Waals surface area contributed by atoms with Gasteiger partial charge in [-0.1, -0.05) is 65.7 Å². The van der Waals surface area contributed by atoms with Gasteiger partial charge in [-0.15, -0.1) is 5.10 Å². The predicted octanol–water partition coefficient (Wildman–Crippen LogP) is 5.71. The Morgan fingerprint density at radius 1 is 0.861 bits per heavy atom. The lowest BCUT2D eigenvalue weighted by molar-refractivity contribution is 0.0901. The van der Waals surface area contributed by atoms with Crippen LogP contribution in [0, 0.1) is 0 Å². The highest BCUT2D eigenvalue weighted by Crippen LogP contribution is 2.28. The molecule has 0 saturated carbocycles. The van der Waals surface area contributed by atoms with Crippen LogP contribution in [0.1, 0.15) is 21.5 Å². The molecule has 0 aliphatic rings. The molecule has 1 aromatic heterocycles. The van der Waals surface area contributed by atoms with Crippen LogP contribution in [0.5, 0.6) is 11.5 Å². The molecule has 2 N–H and O–H groups in total. The summed E-state index contributed by atoms with van der Waals surface area (Å²) in [5, 5.41) is 12.0. The summed E-state index contributed by atoms with van der Waals surface area (Å²) in [5.41, 5.74) is 2.50. The second-order valence-electron chi connectivity index (χ2n) is 7.82. The summed E-state index contributed by atoms with van der Waals surface area (Å²) >= 11 is 12.6. The van der Waals surface area contributed by atoms with Crippen LogP contribution in [0.3, 0.4) is 0 Å². The molecule has 0 radical (unpaired) electrons. The molecule has 0 fully saturated rings. The van der Waals surface area contributed by atoms with Crippen molar-refractivity contribution in [3.63, 3.8) is 0 Å². The van der Waals surface area contributed by atoms with Gasteiger partial charge < -0.3 is 20.1 Å². The van der Waals surface area contributed by atoms with Gasteiger partial charge in [-0.05, 0) is 41.0 Å². The van der Waals surface area contributed by atoms with Crippen molar-refractivity contribution in [3.8, 4) is 11.5 Å². The van der Waals surface area contributed by atoms with Gasteiger partial charge in [0.15, 0.2) is 11.5 Å². The Morgan fingerprint density at radius 2 is 1.47 bits per heavy atom. The van der Waals surface area contributed by atoms with Crippen LogP contribution in [-0.2, 0) is 19.5 Å². The Balaban J connectivity index is 1.57. The number of rotatable bonds is 10. The fraction of sp³-hybridized carbons (Fsp3) is 0.192. The molecule has 8 nitrogen and oxygen atoms in total. The Morgan fingerprint density at radius 3 is 2.08 bits per heavy atom. The van der Waals surface area contributed by atoms with E-state index in [1.54, 1.807) is 26.4 Å². The monoisotopic (exact) mass is 525 g/mol.